The number of aryl methyl sites for hydroxylation is 1. The second-order valence-electron chi connectivity index (χ2n) is 6.50. The number of furan rings is 1. The van der Waals surface area contributed by atoms with Gasteiger partial charge in [0, 0.05) is 29.3 Å². The predicted octanol–water partition coefficient (Wildman–Crippen LogP) is 5.08. The molecule has 0 atom stereocenters. The van der Waals surface area contributed by atoms with Gasteiger partial charge in [0.25, 0.3) is 5.91 Å². The molecule has 1 N–H and O–H groups in total. The molecule has 0 unspecified atom stereocenters. The summed E-state index contributed by atoms with van der Waals surface area (Å²) in [5.74, 6) is 0.102. The Morgan fingerprint density at radius 2 is 2.10 bits per heavy atom. The van der Waals surface area contributed by atoms with Gasteiger partial charge in [-0.3, -0.25) is 14.9 Å². The van der Waals surface area contributed by atoms with Crippen LogP contribution in [0.1, 0.15) is 45.1 Å². The van der Waals surface area contributed by atoms with E-state index in [1.165, 1.54) is 6.07 Å². The van der Waals surface area contributed by atoms with E-state index in [9.17, 15) is 18.4 Å². The van der Waals surface area contributed by atoms with Crippen LogP contribution in [0.15, 0.2) is 34.1 Å². The van der Waals surface area contributed by atoms with Crippen molar-refractivity contribution >= 4 is 28.2 Å². The number of carbonyl (C=O) groups excluding carboxylic acids is 2. The highest BCUT2D eigenvalue weighted by molar-refractivity contribution is 7.14. The first-order chi connectivity index (χ1) is 13.9. The molecule has 1 aromatic carbocycles. The summed E-state index contributed by atoms with van der Waals surface area (Å²) in [5.41, 5.74) is 1.81. The van der Waals surface area contributed by atoms with E-state index in [2.05, 4.69) is 15.0 Å². The lowest BCUT2D eigenvalue weighted by molar-refractivity contribution is -0.0494. The van der Waals surface area contributed by atoms with Crippen molar-refractivity contribution in [2.24, 2.45) is 0 Å². The number of thiazole rings is 1. The molecule has 2 heterocycles. The lowest BCUT2D eigenvalue weighted by atomic mass is 9.94. The van der Waals surface area contributed by atoms with Crippen molar-refractivity contribution in [3.63, 3.8) is 0 Å². The third-order valence-electron chi connectivity index (χ3n) is 4.62. The average molecular weight is 418 g/mol. The number of ketones is 1. The summed E-state index contributed by atoms with van der Waals surface area (Å²) in [6.07, 6.45) is 1.78. The molecule has 1 aliphatic rings. The number of hydrogen-bond acceptors (Lipinski definition) is 6. The topological polar surface area (TPSA) is 81.4 Å². The van der Waals surface area contributed by atoms with Crippen molar-refractivity contribution in [3.05, 3.63) is 52.3 Å². The number of ether oxygens (including phenoxy) is 1. The third-order valence-corrected chi connectivity index (χ3v) is 5.37. The molecule has 2 aromatic heterocycles. The van der Waals surface area contributed by atoms with E-state index in [1.807, 2.05) is 0 Å². The van der Waals surface area contributed by atoms with Crippen molar-refractivity contribution in [1.82, 2.24) is 4.98 Å². The number of anilines is 1. The maximum atomic E-state index is 12.6. The molecule has 1 aliphatic carbocycles. The molecule has 1 amide bonds. The van der Waals surface area contributed by atoms with Crippen LogP contribution in [0, 0.1) is 6.92 Å². The standard InChI is InChI=1S/C20H16F2N2O4S/c1-10-16-13(25)6-4-8-15(16)27-17(10)18(26)24-20-23-12(9-29-20)11-5-2-3-7-14(11)28-19(21)22/h2-3,5,7,9,19H,4,6,8H2,1H3,(H,23,24,26). The summed E-state index contributed by atoms with van der Waals surface area (Å²) < 4.78 is 35.4. The van der Waals surface area contributed by atoms with Crippen LogP contribution in [-0.4, -0.2) is 23.3 Å². The largest absolute Gasteiger partial charge is 0.455 e. The molecule has 29 heavy (non-hydrogen) atoms. The molecule has 0 fully saturated rings. The Labute approximate surface area is 168 Å². The molecule has 6 nitrogen and oxygen atoms in total. The SMILES string of the molecule is Cc1c(C(=O)Nc2nc(-c3ccccc3OC(F)F)cs2)oc2c1C(=O)CCC2. The van der Waals surface area contributed by atoms with E-state index in [0.717, 1.165) is 11.3 Å². The van der Waals surface area contributed by atoms with Gasteiger partial charge in [0.05, 0.1) is 11.3 Å². The first-order valence-electron chi connectivity index (χ1n) is 8.90. The van der Waals surface area contributed by atoms with Crippen molar-refractivity contribution in [3.8, 4) is 17.0 Å². The fourth-order valence-electron chi connectivity index (χ4n) is 3.35. The molecule has 0 saturated carbocycles. The van der Waals surface area contributed by atoms with E-state index >= 15 is 0 Å². The molecule has 0 radical (unpaired) electrons. The van der Waals surface area contributed by atoms with Crippen molar-refractivity contribution in [2.75, 3.05) is 5.32 Å². The fraction of sp³-hybridized carbons (Fsp3) is 0.250. The number of rotatable bonds is 5. The van der Waals surface area contributed by atoms with Crippen LogP contribution in [0.25, 0.3) is 11.3 Å². The second-order valence-corrected chi connectivity index (χ2v) is 7.36. The maximum Gasteiger partial charge on any atom is 0.387 e. The molecule has 150 valence electrons. The Morgan fingerprint density at radius 1 is 1.31 bits per heavy atom. The van der Waals surface area contributed by atoms with Gasteiger partial charge in [0.2, 0.25) is 0 Å². The lowest BCUT2D eigenvalue weighted by Gasteiger charge is -2.08. The Hall–Kier alpha value is -3.07. The van der Waals surface area contributed by atoms with Crippen molar-refractivity contribution in [1.29, 1.82) is 0 Å². The molecule has 0 bridgehead atoms. The summed E-state index contributed by atoms with van der Waals surface area (Å²) in [5, 5.41) is 4.55. The molecular formula is C20H16F2N2O4S. The number of fused-ring (bicyclic) bond motifs is 1. The van der Waals surface area contributed by atoms with Crippen LogP contribution in [-0.2, 0) is 6.42 Å². The summed E-state index contributed by atoms with van der Waals surface area (Å²) in [6, 6.07) is 6.29. The van der Waals surface area contributed by atoms with Crippen LogP contribution in [0.3, 0.4) is 0 Å². The summed E-state index contributed by atoms with van der Waals surface area (Å²) >= 11 is 1.14. The predicted molar refractivity (Wildman–Crippen MR) is 103 cm³/mol. The van der Waals surface area contributed by atoms with E-state index in [-0.39, 0.29) is 22.4 Å². The highest BCUT2D eigenvalue weighted by Crippen LogP contribution is 2.34. The van der Waals surface area contributed by atoms with E-state index in [4.69, 9.17) is 4.42 Å². The number of alkyl halides is 2. The number of nitrogens with one attached hydrogen (secondary N) is 1. The number of carbonyl (C=O) groups is 2. The second kappa shape index (κ2) is 7.75. The molecule has 0 spiro atoms. The maximum absolute atomic E-state index is 12.6. The smallest absolute Gasteiger partial charge is 0.387 e. The zero-order chi connectivity index (χ0) is 20.5. The minimum Gasteiger partial charge on any atom is -0.455 e. The van der Waals surface area contributed by atoms with Crippen LogP contribution in [0.4, 0.5) is 13.9 Å². The van der Waals surface area contributed by atoms with Gasteiger partial charge in [-0.15, -0.1) is 11.3 Å². The molecule has 3 aromatic rings. The van der Waals surface area contributed by atoms with Crippen LogP contribution >= 0.6 is 11.3 Å². The van der Waals surface area contributed by atoms with Gasteiger partial charge in [-0.05, 0) is 25.5 Å². The highest BCUT2D eigenvalue weighted by atomic mass is 32.1. The number of aromatic nitrogens is 1. The number of para-hydroxylation sites is 1. The van der Waals surface area contributed by atoms with E-state index < -0.39 is 12.5 Å². The van der Waals surface area contributed by atoms with Crippen LogP contribution in [0.5, 0.6) is 5.75 Å². The average Bonchev–Trinajstić information content (AvgIpc) is 3.27. The van der Waals surface area contributed by atoms with E-state index in [0.29, 0.717) is 47.4 Å². The molecular weight excluding hydrogens is 402 g/mol. The number of nitrogens with zero attached hydrogens (tertiary/aromatic N) is 1. The van der Waals surface area contributed by atoms with Gasteiger partial charge in [0.15, 0.2) is 16.7 Å². The normalized spacial score (nSPS) is 13.4. The minimum atomic E-state index is -2.95. The zero-order valence-corrected chi connectivity index (χ0v) is 16.1. The van der Waals surface area contributed by atoms with Crippen LogP contribution < -0.4 is 10.1 Å². The first-order valence-corrected chi connectivity index (χ1v) is 9.78. The molecule has 0 aliphatic heterocycles. The van der Waals surface area contributed by atoms with Gasteiger partial charge < -0.3 is 9.15 Å². The molecule has 0 saturated heterocycles. The van der Waals surface area contributed by atoms with Crippen molar-refractivity contribution in [2.45, 2.75) is 32.8 Å². The monoisotopic (exact) mass is 418 g/mol. The van der Waals surface area contributed by atoms with Crippen LogP contribution in [0.2, 0.25) is 0 Å². The quantitative estimate of drug-likeness (QED) is 0.625. The first kappa shape index (κ1) is 19.3. The summed E-state index contributed by atoms with van der Waals surface area (Å²) in [4.78, 5) is 29.0. The van der Waals surface area contributed by atoms with Gasteiger partial charge in [0.1, 0.15) is 11.5 Å². The Balaban J connectivity index is 1.56. The highest BCUT2D eigenvalue weighted by Gasteiger charge is 2.29. The lowest BCUT2D eigenvalue weighted by Crippen LogP contribution is -2.13. The van der Waals surface area contributed by atoms with Crippen molar-refractivity contribution < 1.29 is 27.5 Å². The van der Waals surface area contributed by atoms with Gasteiger partial charge in [-0.1, -0.05) is 12.1 Å². The number of hydrogen-bond donors (Lipinski definition) is 1. The van der Waals surface area contributed by atoms with E-state index in [1.54, 1.807) is 30.5 Å². The molecule has 9 heteroatoms. The summed E-state index contributed by atoms with van der Waals surface area (Å²) in [6.45, 7) is -1.27. The number of amides is 1. The van der Waals surface area contributed by atoms with Gasteiger partial charge in [-0.2, -0.15) is 8.78 Å². The Morgan fingerprint density at radius 3 is 2.86 bits per heavy atom. The minimum absolute atomic E-state index is 0.00116. The number of Topliss-reactive ketones (excluding diaryl/α,β-unsaturated/α-hetero) is 1. The van der Waals surface area contributed by atoms with Gasteiger partial charge >= 0.3 is 6.61 Å². The third kappa shape index (κ3) is 3.77. The van der Waals surface area contributed by atoms with Gasteiger partial charge in [-0.25, -0.2) is 4.98 Å². The molecule has 4 rings (SSSR count). The number of halogens is 2. The fourth-order valence-corrected chi connectivity index (χ4v) is 4.06. The Bertz CT molecular complexity index is 1090. The number of benzene rings is 1. The Kier molecular flexibility index (Phi) is 5.14. The summed E-state index contributed by atoms with van der Waals surface area (Å²) in [7, 11) is 0. The zero-order valence-electron chi connectivity index (χ0n) is 15.3.